The van der Waals surface area contributed by atoms with E-state index in [-0.39, 0.29) is 23.8 Å². The van der Waals surface area contributed by atoms with E-state index in [0.717, 1.165) is 19.3 Å². The molecule has 3 rings (SSSR count). The van der Waals surface area contributed by atoms with E-state index in [0.29, 0.717) is 25.3 Å². The number of amides is 2. The highest BCUT2D eigenvalue weighted by Gasteiger charge is 2.52. The van der Waals surface area contributed by atoms with Crippen LogP contribution in [-0.2, 0) is 11.8 Å². The van der Waals surface area contributed by atoms with Crippen LogP contribution in [0.25, 0.3) is 0 Å². The maximum absolute atomic E-state index is 12.5. The van der Waals surface area contributed by atoms with Crippen molar-refractivity contribution in [3.05, 3.63) is 18.2 Å². The van der Waals surface area contributed by atoms with E-state index >= 15 is 0 Å². The van der Waals surface area contributed by atoms with Crippen molar-refractivity contribution in [3.63, 3.8) is 0 Å². The number of rotatable bonds is 2. The molecule has 0 unspecified atom stereocenters. The first kappa shape index (κ1) is 17.0. The molecule has 3 heterocycles. The molecule has 0 saturated carbocycles. The molecule has 24 heavy (non-hydrogen) atoms. The van der Waals surface area contributed by atoms with Gasteiger partial charge in [0.15, 0.2) is 0 Å². The first-order valence-corrected chi connectivity index (χ1v) is 8.45. The number of aliphatic hydroxyl groups excluding tert-OH is 1. The van der Waals surface area contributed by atoms with Crippen LogP contribution >= 0.6 is 0 Å². The van der Waals surface area contributed by atoms with E-state index in [4.69, 9.17) is 0 Å². The highest BCUT2D eigenvalue weighted by Crippen LogP contribution is 2.48. The van der Waals surface area contributed by atoms with Crippen LogP contribution in [0.5, 0.6) is 0 Å². The Kier molecular flexibility index (Phi) is 4.15. The van der Waals surface area contributed by atoms with Crippen molar-refractivity contribution in [2.24, 2.45) is 12.5 Å². The van der Waals surface area contributed by atoms with Crippen LogP contribution in [0.1, 0.15) is 43.6 Å². The number of nitrogens with zero attached hydrogens (tertiary/aromatic N) is 4. The molecular formula is C17H26N4O3. The molecule has 1 aromatic rings. The molecule has 1 aromatic heterocycles. The minimum atomic E-state index is -0.487. The Hall–Kier alpha value is -1.89. The van der Waals surface area contributed by atoms with Crippen LogP contribution in [-0.4, -0.2) is 68.1 Å². The van der Waals surface area contributed by atoms with Gasteiger partial charge in [0.2, 0.25) is 5.91 Å². The average molecular weight is 334 g/mol. The van der Waals surface area contributed by atoms with Crippen LogP contribution in [0.2, 0.25) is 0 Å². The van der Waals surface area contributed by atoms with Crippen molar-refractivity contribution in [2.75, 3.05) is 26.2 Å². The third-order valence-electron chi connectivity index (χ3n) is 5.66. The molecule has 1 spiro atoms. The van der Waals surface area contributed by atoms with Gasteiger partial charge in [-0.3, -0.25) is 9.59 Å². The number of carbonyl (C=O) groups excluding carboxylic acids is 2. The number of hydrogen-bond acceptors (Lipinski definition) is 4. The lowest BCUT2D eigenvalue weighted by Gasteiger charge is -2.39. The molecule has 2 aliphatic rings. The zero-order chi connectivity index (χ0) is 17.5. The summed E-state index contributed by atoms with van der Waals surface area (Å²) in [5, 5.41) is 9.78. The second-order valence-corrected chi connectivity index (χ2v) is 7.65. The van der Waals surface area contributed by atoms with Gasteiger partial charge >= 0.3 is 0 Å². The van der Waals surface area contributed by atoms with Gasteiger partial charge in [-0.05, 0) is 31.6 Å². The maximum Gasteiger partial charge on any atom is 0.274 e. The van der Waals surface area contributed by atoms with Gasteiger partial charge in [0.05, 0.1) is 18.5 Å². The molecule has 2 saturated heterocycles. The molecule has 2 amide bonds. The van der Waals surface area contributed by atoms with E-state index < -0.39 is 5.54 Å². The largest absolute Gasteiger partial charge is 0.394 e. The fourth-order valence-corrected chi connectivity index (χ4v) is 4.32. The molecule has 0 radical (unpaired) electrons. The summed E-state index contributed by atoms with van der Waals surface area (Å²) in [6.45, 7) is 5.50. The molecule has 0 aromatic carbocycles. The zero-order valence-corrected chi connectivity index (χ0v) is 14.7. The number of likely N-dealkylation sites (tertiary alicyclic amines) is 2. The van der Waals surface area contributed by atoms with E-state index in [1.54, 1.807) is 24.0 Å². The Morgan fingerprint density at radius 3 is 2.46 bits per heavy atom. The van der Waals surface area contributed by atoms with Crippen molar-refractivity contribution in [1.29, 1.82) is 0 Å². The Morgan fingerprint density at radius 2 is 2.00 bits per heavy atom. The van der Waals surface area contributed by atoms with E-state index in [9.17, 15) is 14.7 Å². The normalized spacial score (nSPS) is 26.2. The van der Waals surface area contributed by atoms with Gasteiger partial charge in [-0.2, -0.15) is 0 Å². The lowest BCUT2D eigenvalue weighted by molar-refractivity contribution is -0.134. The molecule has 1 N–H and O–H groups in total. The zero-order valence-electron chi connectivity index (χ0n) is 14.7. The highest BCUT2D eigenvalue weighted by atomic mass is 16.3. The Morgan fingerprint density at radius 1 is 1.33 bits per heavy atom. The predicted molar refractivity (Wildman–Crippen MR) is 88.3 cm³/mol. The molecular weight excluding hydrogens is 308 g/mol. The summed E-state index contributed by atoms with van der Waals surface area (Å²) in [7, 11) is 1.85. The first-order chi connectivity index (χ1) is 11.3. The minimum Gasteiger partial charge on any atom is -0.394 e. The monoisotopic (exact) mass is 334 g/mol. The Balaban J connectivity index is 1.69. The van der Waals surface area contributed by atoms with Crippen LogP contribution in [0, 0.1) is 5.41 Å². The Labute approximate surface area is 142 Å². The number of hydrogen-bond donors (Lipinski definition) is 1. The SMILES string of the molecule is CC(=O)N1CC2(CCN(C(=O)c3cn(C)cn3)CC2)C[C@@]1(C)CO. The van der Waals surface area contributed by atoms with Crippen molar-refractivity contribution >= 4 is 11.8 Å². The number of carbonyl (C=O) groups is 2. The fraction of sp³-hybridized carbons (Fsp3) is 0.706. The second-order valence-electron chi connectivity index (χ2n) is 7.65. The van der Waals surface area contributed by atoms with Crippen LogP contribution in [0.4, 0.5) is 0 Å². The van der Waals surface area contributed by atoms with Crippen LogP contribution < -0.4 is 0 Å². The minimum absolute atomic E-state index is 0.00401. The summed E-state index contributed by atoms with van der Waals surface area (Å²) >= 11 is 0. The van der Waals surface area contributed by atoms with Gasteiger partial charge in [0, 0.05) is 39.8 Å². The fourth-order valence-electron chi connectivity index (χ4n) is 4.32. The summed E-state index contributed by atoms with van der Waals surface area (Å²) in [6, 6.07) is 0. The number of piperidine rings is 1. The van der Waals surface area contributed by atoms with Crippen molar-refractivity contribution in [2.45, 2.75) is 38.6 Å². The number of imidazole rings is 1. The Bertz CT molecular complexity index is 648. The first-order valence-electron chi connectivity index (χ1n) is 8.45. The number of aromatic nitrogens is 2. The summed E-state index contributed by atoms with van der Waals surface area (Å²) < 4.78 is 1.77. The second kappa shape index (κ2) is 5.88. The summed E-state index contributed by atoms with van der Waals surface area (Å²) in [4.78, 5) is 32.3. The van der Waals surface area contributed by atoms with Crippen LogP contribution in [0.3, 0.4) is 0 Å². The van der Waals surface area contributed by atoms with Gasteiger partial charge in [-0.25, -0.2) is 4.98 Å². The lowest BCUT2D eigenvalue weighted by atomic mass is 9.74. The third kappa shape index (κ3) is 2.81. The molecule has 1 atom stereocenters. The standard InChI is InChI=1S/C17H26N4O3/c1-13(23)21-10-17(9-16(21,2)11-22)4-6-20(7-5-17)15(24)14-8-19(3)12-18-14/h8,12,22H,4-7,9-11H2,1-3H3/t16-/m0/s1. The van der Waals surface area contributed by atoms with Gasteiger partial charge in [-0.1, -0.05) is 0 Å². The number of aliphatic hydroxyl groups is 1. The molecule has 132 valence electrons. The predicted octanol–water partition coefficient (Wildman–Crippen LogP) is 0.646. The molecule has 2 fully saturated rings. The van der Waals surface area contributed by atoms with Gasteiger partial charge < -0.3 is 19.5 Å². The topological polar surface area (TPSA) is 78.7 Å². The summed E-state index contributed by atoms with van der Waals surface area (Å²) in [5.41, 5.74) is -0.00584. The molecule has 0 aliphatic carbocycles. The van der Waals surface area contributed by atoms with Gasteiger partial charge in [0.25, 0.3) is 5.91 Å². The maximum atomic E-state index is 12.5. The highest BCUT2D eigenvalue weighted by molar-refractivity contribution is 5.92. The average Bonchev–Trinajstić information content (AvgIpc) is 3.10. The molecule has 7 nitrogen and oxygen atoms in total. The molecule has 0 bridgehead atoms. The van der Waals surface area contributed by atoms with Gasteiger partial charge in [0.1, 0.15) is 5.69 Å². The quantitative estimate of drug-likeness (QED) is 0.861. The molecule has 2 aliphatic heterocycles. The van der Waals surface area contributed by atoms with Crippen LogP contribution in [0.15, 0.2) is 12.5 Å². The smallest absolute Gasteiger partial charge is 0.274 e. The van der Waals surface area contributed by atoms with Crippen molar-refractivity contribution in [3.8, 4) is 0 Å². The van der Waals surface area contributed by atoms with E-state index in [1.807, 2.05) is 23.8 Å². The van der Waals surface area contributed by atoms with E-state index in [2.05, 4.69) is 4.98 Å². The number of aryl methyl sites for hydroxylation is 1. The summed E-state index contributed by atoms with van der Waals surface area (Å²) in [6.07, 6.45) is 5.87. The molecule has 7 heteroatoms. The van der Waals surface area contributed by atoms with Gasteiger partial charge in [-0.15, -0.1) is 0 Å². The lowest BCUT2D eigenvalue weighted by Crippen LogP contribution is -2.46. The third-order valence-corrected chi connectivity index (χ3v) is 5.66. The van der Waals surface area contributed by atoms with Crippen molar-refractivity contribution < 1.29 is 14.7 Å². The van der Waals surface area contributed by atoms with E-state index in [1.165, 1.54) is 0 Å². The summed E-state index contributed by atoms with van der Waals surface area (Å²) in [5.74, 6) is -0.0211. The van der Waals surface area contributed by atoms with Crippen molar-refractivity contribution in [1.82, 2.24) is 19.4 Å².